The minimum atomic E-state index is 0.413. The Hall–Kier alpha value is -0.580. The normalized spacial score (nSPS) is 26.0. The van der Waals surface area contributed by atoms with Crippen LogP contribution in [0.3, 0.4) is 0 Å². The van der Waals surface area contributed by atoms with Crippen LogP contribution in [0.5, 0.6) is 5.75 Å². The fourth-order valence-electron chi connectivity index (χ4n) is 3.05. The van der Waals surface area contributed by atoms with Crippen molar-refractivity contribution in [1.29, 1.82) is 0 Å². The molecule has 3 N–H and O–H groups in total. The van der Waals surface area contributed by atoms with Crippen molar-refractivity contribution in [3.05, 3.63) is 27.7 Å². The Morgan fingerprint density at radius 3 is 2.84 bits per heavy atom. The van der Waals surface area contributed by atoms with E-state index in [1.54, 1.807) is 0 Å². The second-order valence-electron chi connectivity index (χ2n) is 5.64. The quantitative estimate of drug-likeness (QED) is 0.898. The van der Waals surface area contributed by atoms with Gasteiger partial charge < -0.3 is 15.8 Å². The number of nitrogens with one attached hydrogen (secondary N) is 1. The molecule has 1 aliphatic carbocycles. The molecule has 19 heavy (non-hydrogen) atoms. The molecule has 0 amide bonds. The van der Waals surface area contributed by atoms with E-state index >= 15 is 0 Å². The molecule has 104 valence electrons. The van der Waals surface area contributed by atoms with Crippen molar-refractivity contribution in [2.24, 2.45) is 5.73 Å². The molecule has 3 rings (SSSR count). The Balaban J connectivity index is 1.64. The third-order valence-corrected chi connectivity index (χ3v) is 4.64. The summed E-state index contributed by atoms with van der Waals surface area (Å²) in [7, 11) is 0. The van der Waals surface area contributed by atoms with Gasteiger partial charge in [0.1, 0.15) is 5.75 Å². The molecule has 0 aromatic heterocycles. The predicted molar refractivity (Wildman–Crippen MR) is 80.4 cm³/mol. The third kappa shape index (κ3) is 3.12. The number of fused-ring (bicyclic) bond motifs is 1. The van der Waals surface area contributed by atoms with Crippen LogP contribution in [0.25, 0.3) is 0 Å². The second-order valence-corrected chi connectivity index (χ2v) is 6.56. The minimum absolute atomic E-state index is 0.413. The summed E-state index contributed by atoms with van der Waals surface area (Å²) in [6.45, 7) is 1.71. The number of hydrogen-bond donors (Lipinski definition) is 2. The summed E-state index contributed by atoms with van der Waals surface area (Å²) < 4.78 is 6.91. The SMILES string of the molecule is NC1CCC(NCc2cc(Br)cc3c2OCC3)CC1. The molecule has 0 radical (unpaired) electrons. The van der Waals surface area contributed by atoms with Crippen LogP contribution in [0, 0.1) is 0 Å². The summed E-state index contributed by atoms with van der Waals surface area (Å²) in [4.78, 5) is 0. The number of benzene rings is 1. The van der Waals surface area contributed by atoms with Crippen LogP contribution in [-0.4, -0.2) is 18.7 Å². The van der Waals surface area contributed by atoms with E-state index in [2.05, 4.69) is 33.4 Å². The van der Waals surface area contributed by atoms with E-state index in [-0.39, 0.29) is 0 Å². The first-order valence-electron chi connectivity index (χ1n) is 7.15. The molecule has 0 bridgehead atoms. The Kier molecular flexibility index (Phi) is 4.10. The van der Waals surface area contributed by atoms with E-state index in [1.807, 2.05) is 0 Å². The molecule has 1 fully saturated rings. The van der Waals surface area contributed by atoms with Gasteiger partial charge in [0, 0.05) is 35.1 Å². The Morgan fingerprint density at radius 2 is 2.05 bits per heavy atom. The van der Waals surface area contributed by atoms with Crippen LogP contribution < -0.4 is 15.8 Å². The van der Waals surface area contributed by atoms with Crippen molar-refractivity contribution in [2.75, 3.05) is 6.61 Å². The molecule has 1 aliphatic heterocycles. The highest BCUT2D eigenvalue weighted by Crippen LogP contribution is 2.33. The first-order valence-corrected chi connectivity index (χ1v) is 7.95. The smallest absolute Gasteiger partial charge is 0.127 e. The number of ether oxygens (including phenoxy) is 1. The molecular weight excluding hydrogens is 304 g/mol. The molecule has 0 saturated heterocycles. The summed E-state index contributed by atoms with van der Waals surface area (Å²) in [5.41, 5.74) is 8.55. The lowest BCUT2D eigenvalue weighted by atomic mass is 9.91. The van der Waals surface area contributed by atoms with Gasteiger partial charge in [0.05, 0.1) is 6.61 Å². The van der Waals surface area contributed by atoms with Gasteiger partial charge in [-0.1, -0.05) is 15.9 Å². The van der Waals surface area contributed by atoms with Gasteiger partial charge in [-0.05, 0) is 43.4 Å². The molecule has 0 unspecified atom stereocenters. The van der Waals surface area contributed by atoms with Crippen LogP contribution in [0.15, 0.2) is 16.6 Å². The first-order chi connectivity index (χ1) is 9.22. The van der Waals surface area contributed by atoms with Gasteiger partial charge in [-0.25, -0.2) is 0 Å². The van der Waals surface area contributed by atoms with Crippen molar-refractivity contribution in [3.63, 3.8) is 0 Å². The van der Waals surface area contributed by atoms with Crippen LogP contribution >= 0.6 is 15.9 Å². The molecule has 2 aliphatic rings. The fraction of sp³-hybridized carbons (Fsp3) is 0.600. The van der Waals surface area contributed by atoms with Crippen molar-refractivity contribution in [2.45, 2.75) is 50.7 Å². The highest BCUT2D eigenvalue weighted by molar-refractivity contribution is 9.10. The molecule has 1 heterocycles. The maximum absolute atomic E-state index is 5.94. The van der Waals surface area contributed by atoms with Gasteiger partial charge in [0.2, 0.25) is 0 Å². The minimum Gasteiger partial charge on any atom is -0.493 e. The van der Waals surface area contributed by atoms with Gasteiger partial charge in [0.25, 0.3) is 0 Å². The highest BCUT2D eigenvalue weighted by atomic mass is 79.9. The molecular formula is C15H21BrN2O. The van der Waals surface area contributed by atoms with Gasteiger partial charge >= 0.3 is 0 Å². The Morgan fingerprint density at radius 1 is 1.26 bits per heavy atom. The Labute approximate surface area is 123 Å². The predicted octanol–water partition coefficient (Wildman–Crippen LogP) is 2.74. The second kappa shape index (κ2) is 5.81. The zero-order valence-electron chi connectivity index (χ0n) is 11.1. The number of rotatable bonds is 3. The van der Waals surface area contributed by atoms with E-state index in [1.165, 1.54) is 24.0 Å². The summed E-state index contributed by atoms with van der Waals surface area (Å²) in [5, 5.41) is 3.66. The van der Waals surface area contributed by atoms with Crippen LogP contribution in [-0.2, 0) is 13.0 Å². The van der Waals surface area contributed by atoms with E-state index in [4.69, 9.17) is 10.5 Å². The average Bonchev–Trinajstić information content (AvgIpc) is 2.85. The zero-order valence-corrected chi connectivity index (χ0v) is 12.7. The largest absolute Gasteiger partial charge is 0.493 e. The highest BCUT2D eigenvalue weighted by Gasteiger charge is 2.20. The molecule has 0 atom stereocenters. The standard InChI is InChI=1S/C15H21BrN2O/c16-12-7-10-5-6-19-15(10)11(8-12)9-18-14-3-1-13(17)2-4-14/h7-8,13-14,18H,1-6,9,17H2. The van der Waals surface area contributed by atoms with E-state index in [0.29, 0.717) is 12.1 Å². The van der Waals surface area contributed by atoms with Crippen LogP contribution in [0.2, 0.25) is 0 Å². The number of nitrogens with two attached hydrogens (primary N) is 1. The summed E-state index contributed by atoms with van der Waals surface area (Å²) in [5.74, 6) is 1.10. The van der Waals surface area contributed by atoms with E-state index in [9.17, 15) is 0 Å². The zero-order chi connectivity index (χ0) is 13.2. The van der Waals surface area contributed by atoms with Crippen molar-refractivity contribution in [3.8, 4) is 5.75 Å². The molecule has 1 aromatic carbocycles. The van der Waals surface area contributed by atoms with Crippen molar-refractivity contribution >= 4 is 15.9 Å². The lowest BCUT2D eigenvalue weighted by Crippen LogP contribution is -2.37. The first kappa shape index (κ1) is 13.4. The molecule has 1 aromatic rings. The summed E-state index contributed by atoms with van der Waals surface area (Å²) >= 11 is 3.59. The number of halogens is 1. The van der Waals surface area contributed by atoms with Gasteiger partial charge in [-0.3, -0.25) is 0 Å². The van der Waals surface area contributed by atoms with Gasteiger partial charge in [0.15, 0.2) is 0 Å². The van der Waals surface area contributed by atoms with E-state index < -0.39 is 0 Å². The lowest BCUT2D eigenvalue weighted by Gasteiger charge is -2.27. The average molecular weight is 325 g/mol. The van der Waals surface area contributed by atoms with Crippen LogP contribution in [0.4, 0.5) is 0 Å². The summed E-state index contributed by atoms with van der Waals surface area (Å²) in [6.07, 6.45) is 5.70. The molecule has 0 spiro atoms. The van der Waals surface area contributed by atoms with E-state index in [0.717, 1.165) is 42.6 Å². The summed E-state index contributed by atoms with van der Waals surface area (Å²) in [6, 6.07) is 5.37. The monoisotopic (exact) mass is 324 g/mol. The lowest BCUT2D eigenvalue weighted by molar-refractivity contribution is 0.332. The molecule has 3 nitrogen and oxygen atoms in total. The third-order valence-electron chi connectivity index (χ3n) is 4.18. The fourth-order valence-corrected chi connectivity index (χ4v) is 3.61. The maximum Gasteiger partial charge on any atom is 0.127 e. The molecule has 1 saturated carbocycles. The van der Waals surface area contributed by atoms with Gasteiger partial charge in [-0.15, -0.1) is 0 Å². The molecule has 4 heteroatoms. The topological polar surface area (TPSA) is 47.3 Å². The van der Waals surface area contributed by atoms with Crippen molar-refractivity contribution < 1.29 is 4.74 Å². The maximum atomic E-state index is 5.94. The number of hydrogen-bond acceptors (Lipinski definition) is 3. The van der Waals surface area contributed by atoms with Gasteiger partial charge in [-0.2, -0.15) is 0 Å². The van der Waals surface area contributed by atoms with Crippen LogP contribution in [0.1, 0.15) is 36.8 Å². The van der Waals surface area contributed by atoms with Crippen molar-refractivity contribution in [1.82, 2.24) is 5.32 Å². The Bertz CT molecular complexity index is 456.